The molecule has 0 saturated carbocycles. The molecule has 1 amide bonds. The number of hydrogen-bond acceptors (Lipinski definition) is 7. The zero-order valence-corrected chi connectivity index (χ0v) is 15.2. The summed E-state index contributed by atoms with van der Waals surface area (Å²) < 4.78 is 16.0. The van der Waals surface area contributed by atoms with E-state index >= 15 is 0 Å². The molecule has 2 aliphatic heterocycles. The van der Waals surface area contributed by atoms with E-state index in [1.54, 1.807) is 0 Å². The number of rotatable bonds is 5. The quantitative estimate of drug-likeness (QED) is 0.807. The summed E-state index contributed by atoms with van der Waals surface area (Å²) in [5.41, 5.74) is 0.0407. The van der Waals surface area contributed by atoms with E-state index < -0.39 is 11.5 Å². The minimum absolute atomic E-state index is 0.129. The second kappa shape index (κ2) is 7.16. The first-order chi connectivity index (χ1) is 13.0. The topological polar surface area (TPSA) is 107 Å². The fourth-order valence-electron chi connectivity index (χ4n) is 3.24. The summed E-state index contributed by atoms with van der Waals surface area (Å²) >= 11 is 1.25. The fourth-order valence-corrected chi connectivity index (χ4v) is 4.05. The Balaban J connectivity index is 1.52. The molecule has 1 aromatic carbocycles. The Kier molecular flexibility index (Phi) is 4.71. The number of carbonyl (C=O) groups is 2. The van der Waals surface area contributed by atoms with Gasteiger partial charge in [-0.2, -0.15) is 0 Å². The van der Waals surface area contributed by atoms with Gasteiger partial charge in [0, 0.05) is 18.8 Å². The summed E-state index contributed by atoms with van der Waals surface area (Å²) in [6, 6.07) is 5.49. The van der Waals surface area contributed by atoms with E-state index in [2.05, 4.69) is 10.3 Å². The Labute approximate surface area is 159 Å². The second-order valence-corrected chi connectivity index (χ2v) is 7.55. The van der Waals surface area contributed by atoms with E-state index in [0.29, 0.717) is 47.4 Å². The molecule has 0 spiro atoms. The van der Waals surface area contributed by atoms with Crippen molar-refractivity contribution in [3.63, 3.8) is 0 Å². The first kappa shape index (κ1) is 17.7. The van der Waals surface area contributed by atoms with Crippen LogP contribution in [0.25, 0.3) is 10.6 Å². The van der Waals surface area contributed by atoms with Crippen LogP contribution < -0.4 is 14.8 Å². The molecule has 8 nitrogen and oxygen atoms in total. The normalized spacial score (nSPS) is 17.5. The predicted octanol–water partition coefficient (Wildman–Crippen LogP) is 2.29. The molecule has 0 atom stereocenters. The SMILES string of the molecule is O=C(O)CC1(NC(=O)c2cnc(-c3ccc4c(c3)OCO4)s2)CCOCC1. The van der Waals surface area contributed by atoms with Crippen molar-refractivity contribution in [3.05, 3.63) is 29.3 Å². The number of amides is 1. The highest BCUT2D eigenvalue weighted by atomic mass is 32.1. The van der Waals surface area contributed by atoms with E-state index in [1.165, 1.54) is 17.5 Å². The Morgan fingerprint density at radius 2 is 2.00 bits per heavy atom. The van der Waals surface area contributed by atoms with Gasteiger partial charge in [0.25, 0.3) is 5.91 Å². The molecule has 0 aliphatic carbocycles. The van der Waals surface area contributed by atoms with Gasteiger partial charge in [0.15, 0.2) is 11.5 Å². The van der Waals surface area contributed by atoms with Crippen molar-refractivity contribution in [1.82, 2.24) is 10.3 Å². The van der Waals surface area contributed by atoms with Crippen LogP contribution in [0.15, 0.2) is 24.4 Å². The van der Waals surface area contributed by atoms with Gasteiger partial charge in [-0.05, 0) is 31.0 Å². The van der Waals surface area contributed by atoms with Crippen LogP contribution >= 0.6 is 11.3 Å². The van der Waals surface area contributed by atoms with Crippen LogP contribution in [0.5, 0.6) is 11.5 Å². The smallest absolute Gasteiger partial charge is 0.305 e. The minimum atomic E-state index is -0.942. The maximum atomic E-state index is 12.7. The highest BCUT2D eigenvalue weighted by Gasteiger charge is 2.37. The van der Waals surface area contributed by atoms with Gasteiger partial charge in [0.2, 0.25) is 6.79 Å². The molecule has 9 heteroatoms. The van der Waals surface area contributed by atoms with Gasteiger partial charge in [-0.1, -0.05) is 0 Å². The number of nitrogens with one attached hydrogen (secondary N) is 1. The molecular formula is C18H18N2O6S. The molecule has 0 unspecified atom stereocenters. The van der Waals surface area contributed by atoms with E-state index in [1.807, 2.05) is 18.2 Å². The highest BCUT2D eigenvalue weighted by Crippen LogP contribution is 2.37. The van der Waals surface area contributed by atoms with Crippen LogP contribution in [0, 0.1) is 0 Å². The van der Waals surface area contributed by atoms with E-state index in [4.69, 9.17) is 14.2 Å². The van der Waals surface area contributed by atoms with Crippen LogP contribution in [-0.2, 0) is 9.53 Å². The van der Waals surface area contributed by atoms with Gasteiger partial charge in [-0.3, -0.25) is 9.59 Å². The highest BCUT2D eigenvalue weighted by molar-refractivity contribution is 7.16. The van der Waals surface area contributed by atoms with Gasteiger partial charge in [0.05, 0.1) is 18.2 Å². The maximum absolute atomic E-state index is 12.7. The second-order valence-electron chi connectivity index (χ2n) is 6.52. The Hall–Kier alpha value is -2.65. The summed E-state index contributed by atoms with van der Waals surface area (Å²) in [4.78, 5) is 28.7. The molecule has 1 fully saturated rings. The fraction of sp³-hybridized carbons (Fsp3) is 0.389. The minimum Gasteiger partial charge on any atom is -0.481 e. The zero-order chi connectivity index (χ0) is 18.9. The van der Waals surface area contributed by atoms with Crippen LogP contribution in [0.4, 0.5) is 0 Å². The first-order valence-electron chi connectivity index (χ1n) is 8.53. The van der Waals surface area contributed by atoms with Gasteiger partial charge < -0.3 is 24.6 Å². The number of ether oxygens (including phenoxy) is 3. The number of carboxylic acid groups (broad SMARTS) is 1. The average molecular weight is 390 g/mol. The third-order valence-electron chi connectivity index (χ3n) is 4.67. The molecule has 4 rings (SSSR count). The summed E-state index contributed by atoms with van der Waals surface area (Å²) in [5.74, 6) is 0.0740. The number of aromatic nitrogens is 1. The number of carboxylic acids is 1. The van der Waals surface area contributed by atoms with E-state index in [-0.39, 0.29) is 19.1 Å². The molecule has 142 valence electrons. The molecule has 2 aliphatic rings. The molecule has 3 heterocycles. The van der Waals surface area contributed by atoms with Gasteiger partial charge in [-0.15, -0.1) is 11.3 Å². The summed E-state index contributed by atoms with van der Waals surface area (Å²) in [7, 11) is 0. The number of nitrogens with zero attached hydrogens (tertiary/aromatic N) is 1. The van der Waals surface area contributed by atoms with E-state index in [0.717, 1.165) is 5.56 Å². The van der Waals surface area contributed by atoms with E-state index in [9.17, 15) is 14.7 Å². The largest absolute Gasteiger partial charge is 0.481 e. The van der Waals surface area contributed by atoms with Crippen molar-refractivity contribution in [3.8, 4) is 22.1 Å². The number of thiazole rings is 1. The van der Waals surface area contributed by atoms with Crippen LogP contribution in [0.1, 0.15) is 28.9 Å². The Bertz CT molecular complexity index is 874. The molecule has 0 radical (unpaired) electrons. The average Bonchev–Trinajstić information content (AvgIpc) is 3.30. The lowest BCUT2D eigenvalue weighted by atomic mass is 9.86. The van der Waals surface area contributed by atoms with Crippen molar-refractivity contribution < 1.29 is 28.9 Å². The molecular weight excluding hydrogens is 372 g/mol. The van der Waals surface area contributed by atoms with Gasteiger partial charge in [0.1, 0.15) is 9.88 Å². The number of benzene rings is 1. The standard InChI is InChI=1S/C18H18N2O6S/c21-15(22)8-18(3-5-24-6-4-18)20-16(23)14-9-19-17(27-14)11-1-2-12-13(7-11)26-10-25-12/h1-2,7,9H,3-6,8,10H2,(H,20,23)(H,21,22). The number of aliphatic carboxylic acids is 1. The number of carbonyl (C=O) groups excluding carboxylic acids is 1. The Morgan fingerprint density at radius 3 is 2.78 bits per heavy atom. The zero-order valence-electron chi connectivity index (χ0n) is 14.4. The summed E-state index contributed by atoms with van der Waals surface area (Å²) in [6.07, 6.45) is 2.32. The molecule has 1 aromatic heterocycles. The van der Waals surface area contributed by atoms with Crippen LogP contribution in [0.2, 0.25) is 0 Å². The van der Waals surface area contributed by atoms with Crippen molar-refractivity contribution in [2.75, 3.05) is 20.0 Å². The molecule has 27 heavy (non-hydrogen) atoms. The predicted molar refractivity (Wildman–Crippen MR) is 96.2 cm³/mol. The maximum Gasteiger partial charge on any atom is 0.305 e. The summed E-state index contributed by atoms with van der Waals surface area (Å²) in [6.45, 7) is 1.05. The molecule has 0 bridgehead atoms. The third-order valence-corrected chi connectivity index (χ3v) is 5.71. The number of fused-ring (bicyclic) bond motifs is 1. The Morgan fingerprint density at radius 1 is 1.22 bits per heavy atom. The first-order valence-corrected chi connectivity index (χ1v) is 9.34. The summed E-state index contributed by atoms with van der Waals surface area (Å²) in [5, 5.41) is 12.8. The monoisotopic (exact) mass is 390 g/mol. The van der Waals surface area contributed by atoms with Gasteiger partial charge in [-0.25, -0.2) is 4.98 Å². The number of hydrogen-bond donors (Lipinski definition) is 2. The van der Waals surface area contributed by atoms with Crippen LogP contribution in [-0.4, -0.2) is 47.5 Å². The van der Waals surface area contributed by atoms with Crippen molar-refractivity contribution in [2.24, 2.45) is 0 Å². The van der Waals surface area contributed by atoms with Crippen molar-refractivity contribution in [1.29, 1.82) is 0 Å². The van der Waals surface area contributed by atoms with Gasteiger partial charge >= 0.3 is 5.97 Å². The third kappa shape index (κ3) is 3.74. The molecule has 2 N–H and O–H groups in total. The molecule has 1 saturated heterocycles. The van der Waals surface area contributed by atoms with Crippen molar-refractivity contribution >= 4 is 23.2 Å². The lowest BCUT2D eigenvalue weighted by Gasteiger charge is -2.36. The molecule has 2 aromatic rings. The lowest BCUT2D eigenvalue weighted by Crippen LogP contribution is -2.53. The van der Waals surface area contributed by atoms with Crippen molar-refractivity contribution in [2.45, 2.75) is 24.8 Å². The lowest BCUT2D eigenvalue weighted by molar-refractivity contribution is -0.139. The van der Waals surface area contributed by atoms with Crippen LogP contribution in [0.3, 0.4) is 0 Å².